The highest BCUT2D eigenvalue weighted by atomic mass is 32.2. The third-order valence-corrected chi connectivity index (χ3v) is 9.45. The van der Waals surface area contributed by atoms with Gasteiger partial charge >= 0.3 is 6.09 Å². The van der Waals surface area contributed by atoms with Crippen LogP contribution in [-0.4, -0.2) is 70.8 Å². The third-order valence-electron chi connectivity index (χ3n) is 7.54. The lowest BCUT2D eigenvalue weighted by molar-refractivity contribution is 0.0258. The Balaban J connectivity index is 1.15. The van der Waals surface area contributed by atoms with Crippen LogP contribution in [-0.2, 0) is 21.3 Å². The molecule has 2 aliphatic rings. The molecule has 208 valence electrons. The van der Waals surface area contributed by atoms with Crippen molar-refractivity contribution < 1.29 is 22.7 Å². The summed E-state index contributed by atoms with van der Waals surface area (Å²) in [5.74, 6) is -0.221. The van der Waals surface area contributed by atoms with E-state index in [1.165, 1.54) is 4.31 Å². The first kappa shape index (κ1) is 27.1. The molecule has 11 heteroatoms. The van der Waals surface area contributed by atoms with E-state index in [1.807, 2.05) is 20.8 Å². The first-order valence-corrected chi connectivity index (χ1v) is 14.7. The number of imidazole rings is 1. The number of pyridine rings is 1. The lowest BCUT2D eigenvalue weighted by atomic mass is 9.78. The van der Waals surface area contributed by atoms with E-state index in [0.29, 0.717) is 44.6 Å². The molecule has 2 amide bonds. The molecular formula is C28H35N5O5S. The van der Waals surface area contributed by atoms with Gasteiger partial charge in [0.15, 0.2) is 0 Å². The van der Waals surface area contributed by atoms with Crippen LogP contribution in [0.5, 0.6) is 0 Å². The van der Waals surface area contributed by atoms with Crippen LogP contribution in [0.15, 0.2) is 59.9 Å². The summed E-state index contributed by atoms with van der Waals surface area (Å²) in [6.45, 7) is 7.92. The summed E-state index contributed by atoms with van der Waals surface area (Å²) in [7, 11) is -3.64. The Kier molecular flexibility index (Phi) is 7.15. The quantitative estimate of drug-likeness (QED) is 0.516. The second kappa shape index (κ2) is 10.3. The van der Waals surface area contributed by atoms with Crippen molar-refractivity contribution >= 4 is 27.7 Å². The van der Waals surface area contributed by atoms with Gasteiger partial charge in [-0.1, -0.05) is 12.1 Å². The fraction of sp³-hybridized carbons (Fsp3) is 0.464. The van der Waals surface area contributed by atoms with Gasteiger partial charge in [-0.2, -0.15) is 4.31 Å². The first-order valence-electron chi connectivity index (χ1n) is 13.2. The van der Waals surface area contributed by atoms with E-state index < -0.39 is 15.6 Å². The number of carbonyl (C=O) groups is 2. The maximum absolute atomic E-state index is 13.3. The Hall–Kier alpha value is -3.44. The van der Waals surface area contributed by atoms with Crippen LogP contribution in [0.1, 0.15) is 56.0 Å². The molecule has 2 fully saturated rings. The first-order chi connectivity index (χ1) is 18.4. The Bertz CT molecular complexity index is 1470. The number of rotatable bonds is 5. The number of hydrogen-bond acceptors (Lipinski definition) is 6. The molecule has 1 N–H and O–H groups in total. The molecule has 2 aliphatic heterocycles. The highest BCUT2D eigenvalue weighted by Gasteiger charge is 2.45. The van der Waals surface area contributed by atoms with E-state index >= 15 is 0 Å². The molecule has 0 radical (unpaired) electrons. The fourth-order valence-corrected chi connectivity index (χ4v) is 6.73. The summed E-state index contributed by atoms with van der Waals surface area (Å²) in [5, 5.41) is 2.88. The zero-order valence-corrected chi connectivity index (χ0v) is 23.4. The van der Waals surface area contributed by atoms with Crippen LogP contribution >= 0.6 is 0 Å². The maximum Gasteiger partial charge on any atom is 0.410 e. The van der Waals surface area contributed by atoms with Gasteiger partial charge in [0.25, 0.3) is 5.91 Å². The zero-order valence-electron chi connectivity index (χ0n) is 22.6. The molecule has 10 nitrogen and oxygen atoms in total. The van der Waals surface area contributed by atoms with Gasteiger partial charge in [0.05, 0.1) is 10.5 Å². The topological polar surface area (TPSA) is 113 Å². The normalized spacial score (nSPS) is 18.0. The van der Waals surface area contributed by atoms with Gasteiger partial charge in [0, 0.05) is 51.3 Å². The number of hydrogen-bond donors (Lipinski definition) is 1. The van der Waals surface area contributed by atoms with Crippen LogP contribution in [0, 0.1) is 5.41 Å². The maximum atomic E-state index is 13.3. The third kappa shape index (κ3) is 5.94. The second-order valence-corrected chi connectivity index (χ2v) is 13.4. The van der Waals surface area contributed by atoms with Crippen LogP contribution in [0.3, 0.4) is 0 Å². The van der Waals surface area contributed by atoms with Gasteiger partial charge in [0.2, 0.25) is 10.0 Å². The Morgan fingerprint density at radius 3 is 2.41 bits per heavy atom. The number of ether oxygens (including phenoxy) is 1. The molecule has 0 bridgehead atoms. The fourth-order valence-electron chi connectivity index (χ4n) is 5.29. The van der Waals surface area contributed by atoms with Crippen molar-refractivity contribution in [2.75, 3.05) is 26.2 Å². The highest BCUT2D eigenvalue weighted by molar-refractivity contribution is 7.89. The van der Waals surface area contributed by atoms with E-state index in [2.05, 4.69) is 10.3 Å². The van der Waals surface area contributed by atoms with Crippen molar-refractivity contribution in [3.63, 3.8) is 0 Å². The zero-order chi connectivity index (χ0) is 27.8. The molecule has 2 saturated heterocycles. The Labute approximate surface area is 229 Å². The number of sulfonamides is 1. The van der Waals surface area contributed by atoms with Crippen LogP contribution in [0.4, 0.5) is 4.79 Å². The summed E-state index contributed by atoms with van der Waals surface area (Å²) >= 11 is 0. The minimum absolute atomic E-state index is 0.0621. The van der Waals surface area contributed by atoms with E-state index in [0.717, 1.165) is 17.6 Å². The lowest BCUT2D eigenvalue weighted by Crippen LogP contribution is -2.45. The molecule has 0 unspecified atom stereocenters. The molecule has 0 aliphatic carbocycles. The number of nitrogens with zero attached hydrogens (tertiary/aromatic N) is 4. The lowest BCUT2D eigenvalue weighted by Gasteiger charge is -2.38. The monoisotopic (exact) mass is 553 g/mol. The summed E-state index contributed by atoms with van der Waals surface area (Å²) < 4.78 is 35.5. The van der Waals surface area contributed by atoms with Crippen molar-refractivity contribution in [1.29, 1.82) is 0 Å². The molecule has 1 spiro atoms. The minimum Gasteiger partial charge on any atom is -0.444 e. The predicted molar refractivity (Wildman–Crippen MR) is 146 cm³/mol. The van der Waals surface area contributed by atoms with Gasteiger partial charge in [0.1, 0.15) is 11.2 Å². The number of aromatic nitrogens is 2. The van der Waals surface area contributed by atoms with Crippen molar-refractivity contribution in [2.24, 2.45) is 5.41 Å². The molecule has 5 rings (SSSR count). The van der Waals surface area contributed by atoms with Gasteiger partial charge in [-0.25, -0.2) is 18.2 Å². The molecule has 4 heterocycles. The number of benzene rings is 1. The van der Waals surface area contributed by atoms with Gasteiger partial charge < -0.3 is 19.4 Å². The number of nitrogens with one attached hydrogen (secondary N) is 1. The number of piperidine rings is 1. The summed E-state index contributed by atoms with van der Waals surface area (Å²) in [4.78, 5) is 31.2. The number of fused-ring (bicyclic) bond motifs is 1. The Morgan fingerprint density at radius 1 is 1.03 bits per heavy atom. The highest BCUT2D eigenvalue weighted by Crippen LogP contribution is 2.41. The van der Waals surface area contributed by atoms with Gasteiger partial charge in [-0.15, -0.1) is 0 Å². The summed E-state index contributed by atoms with van der Waals surface area (Å²) in [5.41, 5.74) is 1.48. The van der Waals surface area contributed by atoms with Crippen LogP contribution in [0.2, 0.25) is 0 Å². The standard InChI is InChI=1S/C28H35N5O5S/c1-27(2,3)38-26(35)32-14-10-28(20-32)11-15-33(16-12-28)39(36,37)23-7-4-21(5-8-23)18-30-25(34)22-6-9-24-29-13-17-31(24)19-22/h4-9,13,17,19H,10-12,14-16,18,20H2,1-3H3,(H,30,34). The molecular weight excluding hydrogens is 518 g/mol. The molecule has 39 heavy (non-hydrogen) atoms. The van der Waals surface area contributed by atoms with Crippen LogP contribution < -0.4 is 5.32 Å². The predicted octanol–water partition coefficient (Wildman–Crippen LogP) is 3.68. The van der Waals surface area contributed by atoms with E-state index in [1.54, 1.807) is 64.3 Å². The Morgan fingerprint density at radius 2 is 1.72 bits per heavy atom. The average Bonchev–Trinajstić information content (AvgIpc) is 3.54. The summed E-state index contributed by atoms with van der Waals surface area (Å²) in [6.07, 6.45) is 7.14. The molecule has 0 saturated carbocycles. The van der Waals surface area contributed by atoms with Crippen molar-refractivity contribution in [2.45, 2.75) is 57.1 Å². The number of carbonyl (C=O) groups excluding carboxylic acids is 2. The van der Waals surface area contributed by atoms with Crippen molar-refractivity contribution in [3.05, 3.63) is 66.1 Å². The van der Waals surface area contributed by atoms with Gasteiger partial charge in [-0.05, 0) is 75.3 Å². The van der Waals surface area contributed by atoms with Gasteiger partial charge in [-0.3, -0.25) is 4.79 Å². The van der Waals surface area contributed by atoms with Crippen molar-refractivity contribution in [3.8, 4) is 0 Å². The average molecular weight is 554 g/mol. The molecule has 2 aromatic heterocycles. The number of likely N-dealkylation sites (tertiary alicyclic amines) is 1. The second-order valence-electron chi connectivity index (χ2n) is 11.5. The van der Waals surface area contributed by atoms with Crippen molar-refractivity contribution in [1.82, 2.24) is 23.9 Å². The summed E-state index contributed by atoms with van der Waals surface area (Å²) in [6, 6.07) is 10.1. The molecule has 1 aromatic carbocycles. The minimum atomic E-state index is -3.64. The largest absolute Gasteiger partial charge is 0.444 e. The number of amides is 2. The van der Waals surface area contributed by atoms with E-state index in [-0.39, 0.29) is 28.9 Å². The molecule has 0 atom stereocenters. The SMILES string of the molecule is CC(C)(C)OC(=O)N1CCC2(CCN(S(=O)(=O)c3ccc(CNC(=O)c4ccc5nccn5c4)cc3)CC2)C1. The van der Waals surface area contributed by atoms with E-state index in [4.69, 9.17) is 4.74 Å². The van der Waals surface area contributed by atoms with E-state index in [9.17, 15) is 18.0 Å². The smallest absolute Gasteiger partial charge is 0.410 e. The van der Waals surface area contributed by atoms with Crippen LogP contribution in [0.25, 0.3) is 5.65 Å². The molecule has 3 aromatic rings.